The second kappa shape index (κ2) is 17.3. The molecule has 0 radical (unpaired) electrons. The van der Waals surface area contributed by atoms with E-state index in [9.17, 15) is 75.3 Å². The summed E-state index contributed by atoms with van der Waals surface area (Å²) in [5.41, 5.74) is -4.00. The predicted molar refractivity (Wildman–Crippen MR) is 208 cm³/mol. The highest BCUT2D eigenvalue weighted by Crippen LogP contribution is 2.57. The van der Waals surface area contributed by atoms with E-state index < -0.39 is 167 Å². The Labute approximate surface area is 356 Å². The Morgan fingerprint density at radius 3 is 2.05 bits per heavy atom. The summed E-state index contributed by atoms with van der Waals surface area (Å²) in [7, 11) is 2.74. The van der Waals surface area contributed by atoms with Crippen LogP contribution < -0.4 is 15.4 Å². The molecule has 0 spiro atoms. The number of aliphatic hydroxyl groups is 7. The van der Waals surface area contributed by atoms with Gasteiger partial charge >= 0.3 is 5.97 Å². The van der Waals surface area contributed by atoms with Gasteiger partial charge in [-0.05, 0) is 49.7 Å². The molecule has 0 aromatic heterocycles. The van der Waals surface area contributed by atoms with Gasteiger partial charge in [0.1, 0.15) is 71.8 Å². The van der Waals surface area contributed by atoms with Gasteiger partial charge in [0, 0.05) is 28.3 Å². The van der Waals surface area contributed by atoms with Crippen LogP contribution in [0.2, 0.25) is 0 Å². The van der Waals surface area contributed by atoms with Crippen LogP contribution in [0.4, 0.5) is 0 Å². The first-order valence-corrected chi connectivity index (χ1v) is 19.5. The number of hydrogen-bond acceptors (Lipinski definition) is 20. The van der Waals surface area contributed by atoms with Crippen LogP contribution in [0, 0.1) is 6.92 Å². The molecule has 0 saturated carbocycles. The number of rotatable bonds is 11. The maximum atomic E-state index is 14.1. The molecule has 2 aliphatic carbocycles. The molecule has 2 aliphatic heterocycles. The number of carboxylic acid groups (broad SMARTS) is 1. The number of carbonyl (C=O) groups excluding carboxylic acids is 3. The smallest absolute Gasteiger partial charge is 0.328 e. The second-order valence-corrected chi connectivity index (χ2v) is 15.6. The fourth-order valence-electron chi connectivity index (χ4n) is 8.66. The molecule has 22 nitrogen and oxygen atoms in total. The van der Waals surface area contributed by atoms with Gasteiger partial charge < -0.3 is 90.5 Å². The van der Waals surface area contributed by atoms with Crippen LogP contribution >= 0.6 is 0 Å². The standard InChI is InChI=1S/C41H46N2O20/c1-11-5-17-24(31(51)21(11)38(56)43-18(9-44)39(57)58)23-15(8-16-25(32(23)52)28(48)14-6-13(59-4)7-19(46)22(14)27(16)47)29(49)36(17)62-41-35(55)37(26(42-3)12(2)60-41)63-40-34(54)33(53)30(50)20(10-45)61-40/h5-8,12,18,20,26,29-30,33-37,40-42,44-46,49-55H,9-10H2,1-4H3,(H,43,56)(H,57,58)/t12-,18-,20-,26-,29+,30-,33+,34+,35+,36-,37+,40+,41-/m1/s1. The van der Waals surface area contributed by atoms with Crippen molar-refractivity contribution < 1.29 is 99.0 Å². The lowest BCUT2D eigenvalue weighted by Crippen LogP contribution is -2.66. The van der Waals surface area contributed by atoms with Crippen molar-refractivity contribution in [1.82, 2.24) is 10.6 Å². The fourth-order valence-corrected chi connectivity index (χ4v) is 8.66. The molecule has 340 valence electrons. The van der Waals surface area contributed by atoms with Crippen LogP contribution in [-0.2, 0) is 23.7 Å². The van der Waals surface area contributed by atoms with E-state index in [1.807, 2.05) is 0 Å². The molecular weight excluding hydrogens is 840 g/mol. The molecule has 13 N–H and O–H groups in total. The first kappa shape index (κ1) is 45.7. The number of benzene rings is 3. The number of fused-ring (bicyclic) bond motifs is 5. The molecule has 2 saturated heterocycles. The maximum Gasteiger partial charge on any atom is 0.328 e. The van der Waals surface area contributed by atoms with Crippen molar-refractivity contribution >= 4 is 23.4 Å². The fraction of sp³-hybridized carbons (Fsp3) is 0.463. The number of aliphatic hydroxyl groups excluding tert-OH is 7. The highest BCUT2D eigenvalue weighted by molar-refractivity contribution is 6.31. The number of carboxylic acids is 1. The molecule has 13 atom stereocenters. The number of aliphatic carboxylic acids is 1. The Morgan fingerprint density at radius 1 is 0.794 bits per heavy atom. The van der Waals surface area contributed by atoms with Gasteiger partial charge in [-0.1, -0.05) is 6.07 Å². The molecule has 1 amide bonds. The first-order chi connectivity index (χ1) is 29.8. The number of aryl methyl sites for hydroxylation is 1. The number of amides is 1. The Balaban J connectivity index is 1.36. The number of likely N-dealkylation sites (N-methyl/N-ethyl adjacent to an activating group) is 1. The number of nitrogens with one attached hydrogen (secondary N) is 2. The van der Waals surface area contributed by atoms with E-state index in [2.05, 4.69) is 10.6 Å². The maximum absolute atomic E-state index is 14.1. The minimum atomic E-state index is -1.96. The third kappa shape index (κ3) is 7.46. The molecule has 2 fully saturated rings. The number of phenolic OH excluding ortho intramolecular Hbond substituents is 3. The van der Waals surface area contributed by atoms with Crippen molar-refractivity contribution in [3.8, 4) is 34.1 Å². The normalized spacial score (nSPS) is 30.4. The summed E-state index contributed by atoms with van der Waals surface area (Å²) in [5.74, 6) is -7.30. The number of aromatic hydroxyl groups is 3. The molecule has 4 aliphatic rings. The number of methoxy groups -OCH3 is 1. The molecule has 0 bridgehead atoms. The quantitative estimate of drug-likeness (QED) is 0.0754. The van der Waals surface area contributed by atoms with Crippen molar-refractivity contribution in [2.24, 2.45) is 0 Å². The van der Waals surface area contributed by atoms with E-state index in [1.165, 1.54) is 27.1 Å². The summed E-state index contributed by atoms with van der Waals surface area (Å²) in [6, 6.07) is 1.78. The van der Waals surface area contributed by atoms with Crippen molar-refractivity contribution in [1.29, 1.82) is 0 Å². The molecule has 63 heavy (non-hydrogen) atoms. The monoisotopic (exact) mass is 886 g/mol. The van der Waals surface area contributed by atoms with Crippen LogP contribution in [0.3, 0.4) is 0 Å². The van der Waals surface area contributed by atoms with E-state index in [-0.39, 0.29) is 28.0 Å². The molecule has 2 heterocycles. The van der Waals surface area contributed by atoms with E-state index in [0.717, 1.165) is 18.2 Å². The average Bonchev–Trinajstić information content (AvgIpc) is 3.24. The minimum Gasteiger partial charge on any atom is -0.507 e. The summed E-state index contributed by atoms with van der Waals surface area (Å²) in [6.07, 6.45) is -18.2. The number of carbonyl (C=O) groups is 4. The molecule has 3 aromatic rings. The van der Waals surface area contributed by atoms with Crippen LogP contribution in [0.25, 0.3) is 11.1 Å². The van der Waals surface area contributed by atoms with Crippen LogP contribution in [0.1, 0.15) is 78.0 Å². The van der Waals surface area contributed by atoms with Gasteiger partial charge in [-0.15, -0.1) is 0 Å². The number of hydrogen-bond donors (Lipinski definition) is 13. The third-order valence-electron chi connectivity index (χ3n) is 11.9. The van der Waals surface area contributed by atoms with Crippen LogP contribution in [0.5, 0.6) is 23.0 Å². The summed E-state index contributed by atoms with van der Waals surface area (Å²) in [5, 5.41) is 124. The SMILES string of the molecule is CN[C@H]1[C@H](O[C@@H]2O[C@H](CO)[C@@H](O)[C@H](O)[C@@H]2O)[C@H](O)[C@@H](O[C@@H]2c3cc(C)c(C(=O)N[C@H](CO)C(=O)O)c(O)c3-c3c(cc4c(c3O)C(=O)c3cc(OC)cc(O)c3C4=O)[C@@H]2O)O[C@@H]1C. The molecule has 3 aromatic carbocycles. The van der Waals surface area contributed by atoms with Crippen molar-refractivity contribution in [2.75, 3.05) is 27.4 Å². The zero-order valence-electron chi connectivity index (χ0n) is 33.8. The highest BCUT2D eigenvalue weighted by atomic mass is 16.7. The Kier molecular flexibility index (Phi) is 12.6. The van der Waals surface area contributed by atoms with Crippen molar-refractivity contribution in [3.63, 3.8) is 0 Å². The Bertz CT molecular complexity index is 2350. The van der Waals surface area contributed by atoms with Gasteiger partial charge in [-0.2, -0.15) is 0 Å². The second-order valence-electron chi connectivity index (χ2n) is 15.6. The van der Waals surface area contributed by atoms with E-state index in [1.54, 1.807) is 6.92 Å². The van der Waals surface area contributed by atoms with Gasteiger partial charge in [0.25, 0.3) is 5.91 Å². The van der Waals surface area contributed by atoms with Gasteiger partial charge in [0.15, 0.2) is 30.2 Å². The largest absolute Gasteiger partial charge is 0.507 e. The molecule has 7 rings (SSSR count). The molecular formula is C41H46N2O20. The summed E-state index contributed by atoms with van der Waals surface area (Å²) >= 11 is 0. The average molecular weight is 887 g/mol. The van der Waals surface area contributed by atoms with Gasteiger partial charge in [0.2, 0.25) is 0 Å². The van der Waals surface area contributed by atoms with Crippen LogP contribution in [0.15, 0.2) is 24.3 Å². The van der Waals surface area contributed by atoms with E-state index >= 15 is 0 Å². The summed E-state index contributed by atoms with van der Waals surface area (Å²) in [4.78, 5) is 53.5. The lowest BCUT2D eigenvalue weighted by atomic mass is 9.74. The van der Waals surface area contributed by atoms with Gasteiger partial charge in [-0.25, -0.2) is 4.79 Å². The summed E-state index contributed by atoms with van der Waals surface area (Å²) in [6.45, 7) is 1.04. The molecule has 0 unspecified atom stereocenters. The summed E-state index contributed by atoms with van der Waals surface area (Å²) < 4.78 is 29.0. The number of ether oxygens (including phenoxy) is 5. The van der Waals surface area contributed by atoms with Crippen LogP contribution in [-0.4, -0.2) is 174 Å². The molecule has 22 heteroatoms. The number of ketones is 2. The van der Waals surface area contributed by atoms with E-state index in [4.69, 9.17) is 23.7 Å². The minimum absolute atomic E-state index is 0.0105. The van der Waals surface area contributed by atoms with Gasteiger partial charge in [-0.3, -0.25) is 14.4 Å². The first-order valence-electron chi connectivity index (χ1n) is 19.5. The number of phenols is 3. The Hall–Kier alpha value is -5.34. The lowest BCUT2D eigenvalue weighted by Gasteiger charge is -2.48. The Morgan fingerprint density at radius 2 is 1.43 bits per heavy atom. The van der Waals surface area contributed by atoms with Gasteiger partial charge in [0.05, 0.1) is 49.2 Å². The topological polar surface area (TPSA) is 361 Å². The zero-order valence-corrected chi connectivity index (χ0v) is 33.8. The highest BCUT2D eigenvalue weighted by Gasteiger charge is 2.52. The zero-order chi connectivity index (χ0) is 46.1. The predicted octanol–water partition coefficient (Wildman–Crippen LogP) is -2.28. The van der Waals surface area contributed by atoms with Crippen molar-refractivity contribution in [3.05, 3.63) is 68.8 Å². The lowest BCUT2D eigenvalue weighted by molar-refractivity contribution is -0.351. The third-order valence-corrected chi connectivity index (χ3v) is 11.9. The van der Waals surface area contributed by atoms with E-state index in [0.29, 0.717) is 0 Å². The van der Waals surface area contributed by atoms with Crippen molar-refractivity contribution in [2.45, 2.75) is 93.4 Å².